The molecule has 1 aromatic carbocycles. The number of nitrogens with zero attached hydrogens (tertiary/aromatic N) is 1. The summed E-state index contributed by atoms with van der Waals surface area (Å²) >= 11 is 0. The first-order valence-corrected chi connectivity index (χ1v) is 6.86. The molecule has 0 atom stereocenters. The molecular weight excluding hydrogens is 285 g/mol. The number of H-pyrrole nitrogens is 1. The van der Waals surface area contributed by atoms with Gasteiger partial charge in [-0.25, -0.2) is 9.18 Å². The number of aryl methyl sites for hydroxylation is 1. The third kappa shape index (κ3) is 3.78. The van der Waals surface area contributed by atoms with Crippen LogP contribution in [0, 0.1) is 12.7 Å². The van der Waals surface area contributed by atoms with Crippen LogP contribution in [-0.2, 0) is 0 Å². The Hall–Kier alpha value is -2.50. The average Bonchev–Trinajstić information content (AvgIpc) is 2.39. The lowest BCUT2D eigenvalue weighted by molar-refractivity contribution is 0.0914. The molecule has 0 saturated heterocycles. The van der Waals surface area contributed by atoms with Gasteiger partial charge in [-0.05, 0) is 57.5 Å². The third-order valence-corrected chi connectivity index (χ3v) is 2.93. The van der Waals surface area contributed by atoms with Crippen molar-refractivity contribution in [2.45, 2.75) is 33.2 Å². The standard InChI is InChI=1S/C16H18FN3O2/c1-9-7-10(5-6-11(9)17)12-8-13(19-15(22)18-12)14(21)20-16(2,3)4/h5-8H,1-4H3,(H,20,21)(H,18,19,22). The minimum atomic E-state index is -0.626. The number of carbonyl (C=O) groups excluding carboxylic acids is 1. The van der Waals surface area contributed by atoms with Gasteiger partial charge in [-0.1, -0.05) is 0 Å². The second kappa shape index (κ2) is 5.71. The fraction of sp³-hybridized carbons (Fsp3) is 0.312. The van der Waals surface area contributed by atoms with Crippen molar-refractivity contribution in [1.82, 2.24) is 15.3 Å². The van der Waals surface area contributed by atoms with Crippen LogP contribution in [-0.4, -0.2) is 21.4 Å². The number of carbonyl (C=O) groups is 1. The molecule has 2 rings (SSSR count). The number of aromatic amines is 1. The monoisotopic (exact) mass is 303 g/mol. The summed E-state index contributed by atoms with van der Waals surface area (Å²) in [7, 11) is 0. The lowest BCUT2D eigenvalue weighted by atomic mass is 10.1. The molecule has 0 fully saturated rings. The quantitative estimate of drug-likeness (QED) is 0.894. The van der Waals surface area contributed by atoms with Crippen molar-refractivity contribution in [3.8, 4) is 11.3 Å². The van der Waals surface area contributed by atoms with E-state index >= 15 is 0 Å². The van der Waals surface area contributed by atoms with E-state index < -0.39 is 17.1 Å². The first kappa shape index (κ1) is 15.9. The molecule has 22 heavy (non-hydrogen) atoms. The van der Waals surface area contributed by atoms with E-state index in [0.29, 0.717) is 16.8 Å². The second-order valence-electron chi connectivity index (χ2n) is 6.15. The molecule has 1 amide bonds. The lowest BCUT2D eigenvalue weighted by Crippen LogP contribution is -2.41. The summed E-state index contributed by atoms with van der Waals surface area (Å²) in [5.41, 5.74) is 0.413. The van der Waals surface area contributed by atoms with Crippen LogP contribution >= 0.6 is 0 Å². The Bertz CT molecular complexity index is 776. The van der Waals surface area contributed by atoms with Gasteiger partial charge in [0.15, 0.2) is 0 Å². The highest BCUT2D eigenvalue weighted by atomic mass is 19.1. The smallest absolute Gasteiger partial charge is 0.346 e. The molecule has 0 aliphatic rings. The number of rotatable bonds is 2. The highest BCUT2D eigenvalue weighted by molar-refractivity contribution is 5.93. The summed E-state index contributed by atoms with van der Waals surface area (Å²) in [5.74, 6) is -0.730. The van der Waals surface area contributed by atoms with Gasteiger partial charge in [-0.15, -0.1) is 0 Å². The number of halogens is 1. The first-order valence-electron chi connectivity index (χ1n) is 6.86. The predicted octanol–water partition coefficient (Wildman–Crippen LogP) is 2.41. The SMILES string of the molecule is Cc1cc(-c2cc(C(=O)NC(C)(C)C)[nH]c(=O)n2)ccc1F. The molecule has 2 aromatic rings. The Morgan fingerprint density at radius 2 is 1.95 bits per heavy atom. The van der Waals surface area contributed by atoms with E-state index in [9.17, 15) is 14.0 Å². The van der Waals surface area contributed by atoms with Gasteiger partial charge in [0.2, 0.25) is 0 Å². The molecule has 116 valence electrons. The Morgan fingerprint density at radius 1 is 1.27 bits per heavy atom. The van der Waals surface area contributed by atoms with E-state index in [1.807, 2.05) is 20.8 Å². The van der Waals surface area contributed by atoms with E-state index in [2.05, 4.69) is 15.3 Å². The Kier molecular flexibility index (Phi) is 4.12. The molecule has 0 aliphatic heterocycles. The summed E-state index contributed by atoms with van der Waals surface area (Å²) in [6.45, 7) is 7.15. The minimum Gasteiger partial charge on any atom is -0.346 e. The number of aromatic nitrogens is 2. The van der Waals surface area contributed by atoms with Crippen LogP contribution in [0.3, 0.4) is 0 Å². The van der Waals surface area contributed by atoms with Crippen molar-refractivity contribution in [3.05, 3.63) is 51.8 Å². The number of amides is 1. The van der Waals surface area contributed by atoms with Gasteiger partial charge >= 0.3 is 5.69 Å². The average molecular weight is 303 g/mol. The number of hydrogen-bond donors (Lipinski definition) is 2. The van der Waals surface area contributed by atoms with Gasteiger partial charge in [-0.2, -0.15) is 4.98 Å². The molecule has 5 nitrogen and oxygen atoms in total. The molecule has 0 bridgehead atoms. The molecule has 1 aromatic heterocycles. The summed E-state index contributed by atoms with van der Waals surface area (Å²) in [6.07, 6.45) is 0. The fourth-order valence-electron chi connectivity index (χ4n) is 1.94. The van der Waals surface area contributed by atoms with Crippen molar-refractivity contribution < 1.29 is 9.18 Å². The third-order valence-electron chi connectivity index (χ3n) is 2.93. The highest BCUT2D eigenvalue weighted by Gasteiger charge is 2.17. The van der Waals surface area contributed by atoms with Gasteiger partial charge < -0.3 is 10.3 Å². The molecule has 0 aliphatic carbocycles. The van der Waals surface area contributed by atoms with Gasteiger partial charge in [0.25, 0.3) is 5.91 Å². The second-order valence-corrected chi connectivity index (χ2v) is 6.15. The first-order chi connectivity index (χ1) is 10.2. The maximum atomic E-state index is 13.3. The normalized spacial score (nSPS) is 11.3. The lowest BCUT2D eigenvalue weighted by Gasteiger charge is -2.20. The zero-order valence-electron chi connectivity index (χ0n) is 13.0. The minimum absolute atomic E-state index is 0.118. The summed E-state index contributed by atoms with van der Waals surface area (Å²) in [5, 5.41) is 2.76. The number of hydrogen-bond acceptors (Lipinski definition) is 3. The highest BCUT2D eigenvalue weighted by Crippen LogP contribution is 2.19. The van der Waals surface area contributed by atoms with Crippen molar-refractivity contribution in [1.29, 1.82) is 0 Å². The van der Waals surface area contributed by atoms with Crippen molar-refractivity contribution in [2.24, 2.45) is 0 Å². The molecule has 1 heterocycles. The van der Waals surface area contributed by atoms with Gasteiger partial charge in [-0.3, -0.25) is 4.79 Å². The Morgan fingerprint density at radius 3 is 2.55 bits per heavy atom. The summed E-state index contributed by atoms with van der Waals surface area (Å²) in [4.78, 5) is 30.1. The predicted molar refractivity (Wildman–Crippen MR) is 82.2 cm³/mol. The van der Waals surface area contributed by atoms with Crippen LogP contribution in [0.4, 0.5) is 4.39 Å². The zero-order chi connectivity index (χ0) is 16.5. The fourth-order valence-corrected chi connectivity index (χ4v) is 1.94. The van der Waals surface area contributed by atoms with Gasteiger partial charge in [0.05, 0.1) is 5.69 Å². The number of benzene rings is 1. The summed E-state index contributed by atoms with van der Waals surface area (Å²) in [6, 6.07) is 5.90. The van der Waals surface area contributed by atoms with E-state index in [4.69, 9.17) is 0 Å². The van der Waals surface area contributed by atoms with Crippen LogP contribution in [0.1, 0.15) is 36.8 Å². The van der Waals surface area contributed by atoms with E-state index in [0.717, 1.165) is 0 Å². The van der Waals surface area contributed by atoms with Crippen LogP contribution in [0.2, 0.25) is 0 Å². The van der Waals surface area contributed by atoms with Crippen LogP contribution in [0.25, 0.3) is 11.3 Å². The number of nitrogens with one attached hydrogen (secondary N) is 2. The maximum Gasteiger partial charge on any atom is 0.346 e. The molecule has 0 unspecified atom stereocenters. The largest absolute Gasteiger partial charge is 0.346 e. The molecule has 0 radical (unpaired) electrons. The van der Waals surface area contributed by atoms with E-state index in [1.54, 1.807) is 13.0 Å². The maximum absolute atomic E-state index is 13.3. The molecular formula is C16H18FN3O2. The molecule has 0 saturated carbocycles. The topological polar surface area (TPSA) is 74.8 Å². The van der Waals surface area contributed by atoms with Crippen molar-refractivity contribution >= 4 is 5.91 Å². The van der Waals surface area contributed by atoms with Crippen molar-refractivity contribution in [3.63, 3.8) is 0 Å². The summed E-state index contributed by atoms with van der Waals surface area (Å²) < 4.78 is 13.3. The molecule has 2 N–H and O–H groups in total. The van der Waals surface area contributed by atoms with Crippen LogP contribution < -0.4 is 11.0 Å². The van der Waals surface area contributed by atoms with E-state index in [-0.39, 0.29) is 11.5 Å². The van der Waals surface area contributed by atoms with Crippen molar-refractivity contribution in [2.75, 3.05) is 0 Å². The molecule has 6 heteroatoms. The van der Waals surface area contributed by atoms with Crippen LogP contribution in [0.5, 0.6) is 0 Å². The van der Waals surface area contributed by atoms with Crippen LogP contribution in [0.15, 0.2) is 29.1 Å². The Labute approximate surface area is 127 Å². The van der Waals surface area contributed by atoms with Gasteiger partial charge in [0, 0.05) is 11.1 Å². The van der Waals surface area contributed by atoms with E-state index in [1.165, 1.54) is 18.2 Å². The Balaban J connectivity index is 2.44. The van der Waals surface area contributed by atoms with Gasteiger partial charge in [0.1, 0.15) is 11.5 Å². The molecule has 0 spiro atoms. The zero-order valence-corrected chi connectivity index (χ0v) is 13.0.